The number of benzene rings is 1. The SMILES string of the molecule is CN(C(=O)C1CC2CCCC(C1)C21SCCS1)c1ccccc1. The number of rotatable bonds is 2. The number of anilines is 1. The molecule has 3 fully saturated rings. The molecule has 1 aliphatic heterocycles. The summed E-state index contributed by atoms with van der Waals surface area (Å²) in [6.07, 6.45) is 6.23. The van der Waals surface area contributed by atoms with Crippen LogP contribution in [0.3, 0.4) is 0 Å². The Bertz CT molecular complexity index is 554. The lowest BCUT2D eigenvalue weighted by Gasteiger charge is -2.52. The first kappa shape index (κ1) is 15.9. The van der Waals surface area contributed by atoms with Gasteiger partial charge in [0.15, 0.2) is 0 Å². The first-order valence-electron chi connectivity index (χ1n) is 8.81. The Kier molecular flexibility index (Phi) is 4.39. The molecule has 124 valence electrons. The molecule has 1 aromatic rings. The van der Waals surface area contributed by atoms with Crippen molar-refractivity contribution in [2.24, 2.45) is 17.8 Å². The highest BCUT2D eigenvalue weighted by molar-refractivity contribution is 8.21. The van der Waals surface area contributed by atoms with Gasteiger partial charge in [-0.1, -0.05) is 24.6 Å². The van der Waals surface area contributed by atoms with Crippen LogP contribution in [-0.2, 0) is 4.79 Å². The lowest BCUT2D eigenvalue weighted by atomic mass is 9.66. The summed E-state index contributed by atoms with van der Waals surface area (Å²) in [6, 6.07) is 10.1. The van der Waals surface area contributed by atoms with Crippen molar-refractivity contribution in [2.75, 3.05) is 23.5 Å². The molecule has 2 saturated carbocycles. The van der Waals surface area contributed by atoms with Gasteiger partial charge in [0.1, 0.15) is 0 Å². The smallest absolute Gasteiger partial charge is 0.229 e. The topological polar surface area (TPSA) is 20.3 Å². The van der Waals surface area contributed by atoms with Gasteiger partial charge in [0.2, 0.25) is 5.91 Å². The maximum absolute atomic E-state index is 13.0. The average molecular weight is 348 g/mol. The van der Waals surface area contributed by atoms with Crippen LogP contribution >= 0.6 is 23.5 Å². The number of hydrogen-bond donors (Lipinski definition) is 0. The van der Waals surface area contributed by atoms with Crippen molar-refractivity contribution in [1.29, 1.82) is 0 Å². The second-order valence-corrected chi connectivity index (χ2v) is 10.1. The van der Waals surface area contributed by atoms with Crippen LogP contribution in [0.1, 0.15) is 32.1 Å². The number of amides is 1. The normalized spacial score (nSPS) is 32.0. The summed E-state index contributed by atoms with van der Waals surface area (Å²) in [5.41, 5.74) is 1.02. The van der Waals surface area contributed by atoms with E-state index in [1.165, 1.54) is 30.8 Å². The fourth-order valence-electron chi connectivity index (χ4n) is 4.86. The van der Waals surface area contributed by atoms with Crippen LogP contribution in [0.25, 0.3) is 0 Å². The first-order chi connectivity index (χ1) is 11.2. The van der Waals surface area contributed by atoms with Gasteiger partial charge in [-0.2, -0.15) is 0 Å². The second-order valence-electron chi connectivity index (χ2n) is 7.14. The standard InChI is InChI=1S/C19H25NOS2/c1-20(17-8-3-2-4-9-17)18(21)14-12-15-6-5-7-16(13-14)19(15)22-10-11-23-19/h2-4,8-9,14-16H,5-7,10-13H2,1H3. The van der Waals surface area contributed by atoms with Crippen LogP contribution in [0.4, 0.5) is 5.69 Å². The molecule has 1 aromatic carbocycles. The van der Waals surface area contributed by atoms with E-state index in [1.807, 2.05) is 42.3 Å². The molecule has 2 unspecified atom stereocenters. The monoisotopic (exact) mass is 347 g/mol. The highest BCUT2D eigenvalue weighted by Crippen LogP contribution is 2.64. The highest BCUT2D eigenvalue weighted by atomic mass is 32.2. The Hall–Kier alpha value is -0.610. The zero-order valence-corrected chi connectivity index (χ0v) is 15.4. The third kappa shape index (κ3) is 2.72. The second kappa shape index (κ2) is 6.36. The molecule has 3 aliphatic rings. The van der Waals surface area contributed by atoms with E-state index in [1.54, 1.807) is 0 Å². The number of nitrogens with zero attached hydrogens (tertiary/aromatic N) is 1. The number of thioether (sulfide) groups is 2. The zero-order chi connectivity index (χ0) is 15.9. The van der Waals surface area contributed by atoms with Crippen LogP contribution in [-0.4, -0.2) is 28.5 Å². The molecular formula is C19H25NOS2. The summed E-state index contributed by atoms with van der Waals surface area (Å²) in [6.45, 7) is 0. The van der Waals surface area contributed by atoms with Crippen LogP contribution in [0.5, 0.6) is 0 Å². The van der Waals surface area contributed by atoms with Gasteiger partial charge in [0.25, 0.3) is 0 Å². The molecule has 0 N–H and O–H groups in total. The molecule has 23 heavy (non-hydrogen) atoms. The van der Waals surface area contributed by atoms with E-state index in [0.717, 1.165) is 30.4 Å². The molecule has 4 rings (SSSR count). The maximum atomic E-state index is 13.0. The van der Waals surface area contributed by atoms with Gasteiger partial charge < -0.3 is 4.90 Å². The summed E-state index contributed by atoms with van der Waals surface area (Å²) in [7, 11) is 1.94. The number of hydrogen-bond acceptors (Lipinski definition) is 3. The fraction of sp³-hybridized carbons (Fsp3) is 0.632. The van der Waals surface area contributed by atoms with Gasteiger partial charge in [0.05, 0.1) is 4.08 Å². The minimum Gasteiger partial charge on any atom is -0.315 e. The van der Waals surface area contributed by atoms with Crippen molar-refractivity contribution in [1.82, 2.24) is 0 Å². The van der Waals surface area contributed by atoms with E-state index < -0.39 is 0 Å². The van der Waals surface area contributed by atoms with E-state index in [9.17, 15) is 4.79 Å². The van der Waals surface area contributed by atoms with E-state index in [4.69, 9.17) is 0 Å². The van der Waals surface area contributed by atoms with Crippen LogP contribution < -0.4 is 4.90 Å². The lowest BCUT2D eigenvalue weighted by Crippen LogP contribution is -2.49. The first-order valence-corrected chi connectivity index (χ1v) is 10.8. The van der Waals surface area contributed by atoms with Gasteiger partial charge in [-0.3, -0.25) is 4.79 Å². The van der Waals surface area contributed by atoms with Gasteiger partial charge in [0, 0.05) is 30.2 Å². The van der Waals surface area contributed by atoms with Crippen molar-refractivity contribution in [3.63, 3.8) is 0 Å². The molecule has 2 nitrogen and oxygen atoms in total. The molecular weight excluding hydrogens is 322 g/mol. The molecule has 1 heterocycles. The lowest BCUT2D eigenvalue weighted by molar-refractivity contribution is -0.124. The predicted molar refractivity (Wildman–Crippen MR) is 101 cm³/mol. The molecule has 4 heteroatoms. The minimum absolute atomic E-state index is 0.225. The van der Waals surface area contributed by atoms with Crippen molar-refractivity contribution < 1.29 is 4.79 Å². The Labute approximate surface area is 147 Å². The number of carbonyl (C=O) groups is 1. The van der Waals surface area contributed by atoms with Crippen molar-refractivity contribution in [2.45, 2.75) is 36.2 Å². The quantitative estimate of drug-likeness (QED) is 0.776. The van der Waals surface area contributed by atoms with Gasteiger partial charge in [-0.05, 0) is 49.7 Å². The van der Waals surface area contributed by atoms with Crippen molar-refractivity contribution in [3.05, 3.63) is 30.3 Å². The third-order valence-corrected chi connectivity index (χ3v) is 9.96. The Morgan fingerprint density at radius 3 is 2.30 bits per heavy atom. The molecule has 1 spiro atoms. The number of para-hydroxylation sites is 1. The average Bonchev–Trinajstić information content (AvgIpc) is 3.04. The van der Waals surface area contributed by atoms with Crippen LogP contribution in [0.2, 0.25) is 0 Å². The summed E-state index contributed by atoms with van der Waals surface area (Å²) >= 11 is 4.43. The van der Waals surface area contributed by atoms with E-state index in [2.05, 4.69) is 23.5 Å². The zero-order valence-electron chi connectivity index (χ0n) is 13.7. The largest absolute Gasteiger partial charge is 0.315 e. The molecule has 2 aliphatic carbocycles. The summed E-state index contributed by atoms with van der Waals surface area (Å²) in [5, 5.41) is 0. The Morgan fingerprint density at radius 1 is 1.09 bits per heavy atom. The molecule has 0 radical (unpaired) electrons. The van der Waals surface area contributed by atoms with Crippen LogP contribution in [0, 0.1) is 17.8 Å². The van der Waals surface area contributed by atoms with E-state index in [-0.39, 0.29) is 5.92 Å². The van der Waals surface area contributed by atoms with Gasteiger partial charge in [-0.25, -0.2) is 0 Å². The Balaban J connectivity index is 1.52. The highest BCUT2D eigenvalue weighted by Gasteiger charge is 2.55. The Morgan fingerprint density at radius 2 is 1.70 bits per heavy atom. The van der Waals surface area contributed by atoms with E-state index >= 15 is 0 Å². The summed E-state index contributed by atoms with van der Waals surface area (Å²) in [4.78, 5) is 14.9. The fourth-order valence-corrected chi connectivity index (χ4v) is 8.80. The number of carbonyl (C=O) groups excluding carboxylic acids is 1. The molecule has 2 bridgehead atoms. The van der Waals surface area contributed by atoms with Crippen molar-refractivity contribution >= 4 is 35.1 Å². The van der Waals surface area contributed by atoms with E-state index in [0.29, 0.717) is 9.99 Å². The predicted octanol–water partition coefficient (Wildman–Crippen LogP) is 4.65. The third-order valence-electron chi connectivity index (χ3n) is 5.94. The molecule has 0 aromatic heterocycles. The molecule has 1 saturated heterocycles. The van der Waals surface area contributed by atoms with Gasteiger partial charge >= 0.3 is 0 Å². The van der Waals surface area contributed by atoms with Crippen molar-refractivity contribution in [3.8, 4) is 0 Å². The van der Waals surface area contributed by atoms with Gasteiger partial charge in [-0.15, -0.1) is 23.5 Å². The maximum Gasteiger partial charge on any atom is 0.229 e. The van der Waals surface area contributed by atoms with Crippen LogP contribution in [0.15, 0.2) is 30.3 Å². The molecule has 1 amide bonds. The minimum atomic E-state index is 0.225. The summed E-state index contributed by atoms with van der Waals surface area (Å²) < 4.78 is 0.459. The summed E-state index contributed by atoms with van der Waals surface area (Å²) in [5.74, 6) is 4.65. The molecule has 2 atom stereocenters.